The number of nitrogens with two attached hydrogens (primary N) is 1. The molecule has 1 aromatic heterocycles. The number of rotatable bonds is 15. The second-order valence-corrected chi connectivity index (χ2v) is 16.4. The molecule has 13 nitrogen and oxygen atoms in total. The van der Waals surface area contributed by atoms with Gasteiger partial charge in [-0.05, 0) is 67.0 Å². The van der Waals surface area contributed by atoms with Gasteiger partial charge in [0.2, 0.25) is 23.6 Å². The standard InChI is InChI=1S/C40H55N7O6S/c1-26-35(54-25-42-26)29-14-12-28(13-15-29)32(24-48)43-38(52)33-21-31(49)22-47(33)39(53)36(40(2,3)4)44-34(50)23-46-19-17-45(18-20-46)16-6-5-7-27-8-10-30(11-9-27)37(41)51/h8-15,25,31-33,36,48-49H,5-7,16-24H2,1-4H3,(H2,41,51)(H,43,52)(H,44,50)/t31-,32+,33+,36-/m1/s1. The molecular formula is C40H55N7O6S. The monoisotopic (exact) mass is 761 g/mol. The topological polar surface area (TPSA) is 181 Å². The summed E-state index contributed by atoms with van der Waals surface area (Å²) in [5.41, 5.74) is 10.8. The van der Waals surface area contributed by atoms with Gasteiger partial charge in [-0.2, -0.15) is 0 Å². The number of unbranched alkanes of at least 4 members (excludes halogenated alkanes) is 1. The highest BCUT2D eigenvalue weighted by molar-refractivity contribution is 7.13. The molecule has 2 aromatic carbocycles. The van der Waals surface area contributed by atoms with Crippen molar-refractivity contribution in [3.8, 4) is 10.4 Å². The number of piperazine rings is 1. The van der Waals surface area contributed by atoms with Gasteiger partial charge in [0.05, 0.1) is 41.4 Å². The number of aliphatic hydroxyl groups excluding tert-OH is 2. The maximum atomic E-state index is 14.1. The van der Waals surface area contributed by atoms with Crippen molar-refractivity contribution < 1.29 is 29.4 Å². The Bertz CT molecular complexity index is 1730. The molecule has 2 saturated heterocycles. The molecule has 2 aliphatic rings. The van der Waals surface area contributed by atoms with Crippen molar-refractivity contribution in [3.05, 3.63) is 76.4 Å². The highest BCUT2D eigenvalue weighted by atomic mass is 32.1. The second kappa shape index (κ2) is 18.4. The molecule has 3 heterocycles. The first kappa shape index (κ1) is 41.0. The summed E-state index contributed by atoms with van der Waals surface area (Å²) in [5.74, 6) is -1.59. The van der Waals surface area contributed by atoms with Gasteiger partial charge < -0.3 is 36.4 Å². The van der Waals surface area contributed by atoms with E-state index in [9.17, 15) is 29.4 Å². The smallest absolute Gasteiger partial charge is 0.248 e. The Balaban J connectivity index is 1.11. The van der Waals surface area contributed by atoms with E-state index in [-0.39, 0.29) is 32.0 Å². The summed E-state index contributed by atoms with van der Waals surface area (Å²) < 4.78 is 0. The second-order valence-electron chi connectivity index (χ2n) is 15.5. The largest absolute Gasteiger partial charge is 0.394 e. The quantitative estimate of drug-likeness (QED) is 0.146. The molecule has 6 N–H and O–H groups in total. The Labute approximate surface area is 321 Å². The Hall–Kier alpha value is -4.21. The van der Waals surface area contributed by atoms with E-state index in [0.717, 1.165) is 68.1 Å². The fourth-order valence-corrected chi connectivity index (χ4v) is 7.96. The fraction of sp³-hybridized carbons (Fsp3) is 0.525. The molecule has 0 saturated carbocycles. The third-order valence-electron chi connectivity index (χ3n) is 10.4. The van der Waals surface area contributed by atoms with Gasteiger partial charge in [-0.1, -0.05) is 57.2 Å². The minimum atomic E-state index is -0.960. The molecule has 292 valence electrons. The third kappa shape index (κ3) is 10.7. The zero-order valence-corrected chi connectivity index (χ0v) is 32.6. The van der Waals surface area contributed by atoms with Crippen LogP contribution in [0.1, 0.15) is 73.3 Å². The van der Waals surface area contributed by atoms with Crippen LogP contribution in [-0.4, -0.2) is 124 Å². The van der Waals surface area contributed by atoms with Crippen LogP contribution in [0.4, 0.5) is 0 Å². The summed E-state index contributed by atoms with van der Waals surface area (Å²) in [7, 11) is 0. The number of aryl methyl sites for hydroxylation is 2. The molecule has 54 heavy (non-hydrogen) atoms. The zero-order chi connectivity index (χ0) is 39.0. The number of hydrogen-bond donors (Lipinski definition) is 5. The number of likely N-dealkylation sites (tertiary alicyclic amines) is 1. The number of carbonyl (C=O) groups is 4. The maximum Gasteiger partial charge on any atom is 0.248 e. The van der Waals surface area contributed by atoms with Crippen molar-refractivity contribution in [3.63, 3.8) is 0 Å². The molecule has 2 aliphatic heterocycles. The number of hydrogen-bond acceptors (Lipinski definition) is 10. The summed E-state index contributed by atoms with van der Waals surface area (Å²) >= 11 is 1.54. The van der Waals surface area contributed by atoms with Crippen LogP contribution in [-0.2, 0) is 20.8 Å². The summed E-state index contributed by atoms with van der Waals surface area (Å²) in [6.07, 6.45) is 2.15. The molecule has 0 unspecified atom stereocenters. The van der Waals surface area contributed by atoms with E-state index >= 15 is 0 Å². The number of aliphatic hydroxyl groups is 2. The average Bonchev–Trinajstić information content (AvgIpc) is 3.76. The lowest BCUT2D eigenvalue weighted by molar-refractivity contribution is -0.144. The van der Waals surface area contributed by atoms with Crippen molar-refractivity contribution >= 4 is 35.0 Å². The summed E-state index contributed by atoms with van der Waals surface area (Å²) in [6, 6.07) is 12.4. The van der Waals surface area contributed by atoms with Crippen LogP contribution >= 0.6 is 11.3 Å². The maximum absolute atomic E-state index is 14.1. The predicted octanol–water partition coefficient (Wildman–Crippen LogP) is 2.50. The van der Waals surface area contributed by atoms with Crippen molar-refractivity contribution in [1.82, 2.24) is 30.3 Å². The Kier molecular flexibility index (Phi) is 14.0. The van der Waals surface area contributed by atoms with Gasteiger partial charge in [0.1, 0.15) is 12.1 Å². The minimum absolute atomic E-state index is 0.0321. The average molecular weight is 762 g/mol. The van der Waals surface area contributed by atoms with E-state index in [2.05, 4.69) is 25.4 Å². The van der Waals surface area contributed by atoms with Crippen molar-refractivity contribution in [1.29, 1.82) is 0 Å². The number of carbonyl (C=O) groups excluding carboxylic acids is 4. The molecule has 2 fully saturated rings. The van der Waals surface area contributed by atoms with E-state index in [1.807, 2.05) is 64.1 Å². The predicted molar refractivity (Wildman–Crippen MR) is 209 cm³/mol. The van der Waals surface area contributed by atoms with Crippen molar-refractivity contribution in [2.45, 2.75) is 77.6 Å². The molecule has 3 aromatic rings. The van der Waals surface area contributed by atoms with E-state index in [0.29, 0.717) is 11.1 Å². The first-order valence-corrected chi connectivity index (χ1v) is 19.6. The van der Waals surface area contributed by atoms with Crippen LogP contribution in [0.3, 0.4) is 0 Å². The molecule has 4 atom stereocenters. The van der Waals surface area contributed by atoms with Crippen LogP contribution in [0, 0.1) is 12.3 Å². The van der Waals surface area contributed by atoms with E-state index in [4.69, 9.17) is 5.73 Å². The minimum Gasteiger partial charge on any atom is -0.394 e. The van der Waals surface area contributed by atoms with Crippen molar-refractivity contribution in [2.75, 3.05) is 52.4 Å². The van der Waals surface area contributed by atoms with Crippen LogP contribution in [0.5, 0.6) is 0 Å². The number of nitrogens with zero attached hydrogens (tertiary/aromatic N) is 4. The lowest BCUT2D eigenvalue weighted by Gasteiger charge is -2.37. The SMILES string of the molecule is Cc1ncsc1-c1ccc([C@H](CO)NC(=O)[C@@H]2C[C@@H](O)CN2C(=O)[C@@H](NC(=O)CN2CCN(CCCCc3ccc(C(N)=O)cc3)CC2)C(C)(C)C)cc1. The van der Waals surface area contributed by atoms with E-state index in [1.165, 1.54) is 10.5 Å². The summed E-state index contributed by atoms with van der Waals surface area (Å²) in [5, 5.41) is 26.7. The zero-order valence-electron chi connectivity index (χ0n) is 31.8. The fourth-order valence-electron chi connectivity index (χ4n) is 7.15. The van der Waals surface area contributed by atoms with Crippen LogP contribution in [0.2, 0.25) is 0 Å². The summed E-state index contributed by atoms with van der Waals surface area (Å²) in [6.45, 7) is 11.4. The lowest BCUT2D eigenvalue weighted by atomic mass is 9.85. The normalized spacial score (nSPS) is 19.3. The van der Waals surface area contributed by atoms with Gasteiger partial charge in [0.15, 0.2) is 0 Å². The van der Waals surface area contributed by atoms with Crippen LogP contribution < -0.4 is 16.4 Å². The number of aromatic nitrogens is 1. The van der Waals surface area contributed by atoms with Gasteiger partial charge in [-0.3, -0.25) is 24.1 Å². The first-order valence-electron chi connectivity index (χ1n) is 18.8. The first-order chi connectivity index (χ1) is 25.7. The van der Waals surface area contributed by atoms with E-state index in [1.54, 1.807) is 29.0 Å². The number of thiazole rings is 1. The molecule has 0 bridgehead atoms. The molecule has 0 spiro atoms. The molecule has 5 rings (SSSR count). The molecule has 0 aliphatic carbocycles. The number of benzene rings is 2. The third-order valence-corrected chi connectivity index (χ3v) is 11.3. The summed E-state index contributed by atoms with van der Waals surface area (Å²) in [4.78, 5) is 63.7. The van der Waals surface area contributed by atoms with E-state index < -0.39 is 47.4 Å². The van der Waals surface area contributed by atoms with Gasteiger partial charge in [-0.25, -0.2) is 4.98 Å². The highest BCUT2D eigenvalue weighted by Gasteiger charge is 2.45. The number of nitrogens with one attached hydrogen (secondary N) is 2. The highest BCUT2D eigenvalue weighted by Crippen LogP contribution is 2.29. The lowest BCUT2D eigenvalue weighted by Crippen LogP contribution is -2.59. The molecule has 14 heteroatoms. The van der Waals surface area contributed by atoms with Crippen LogP contribution in [0.25, 0.3) is 10.4 Å². The van der Waals surface area contributed by atoms with Crippen LogP contribution in [0.15, 0.2) is 54.0 Å². The van der Waals surface area contributed by atoms with Gasteiger partial charge in [0.25, 0.3) is 0 Å². The van der Waals surface area contributed by atoms with Crippen molar-refractivity contribution in [2.24, 2.45) is 11.1 Å². The Morgan fingerprint density at radius 2 is 1.63 bits per heavy atom. The Morgan fingerprint density at radius 1 is 0.963 bits per heavy atom. The number of primary amides is 1. The van der Waals surface area contributed by atoms with Gasteiger partial charge >= 0.3 is 0 Å². The molecular weight excluding hydrogens is 707 g/mol. The molecule has 4 amide bonds. The van der Waals surface area contributed by atoms with Gasteiger partial charge in [0, 0.05) is 44.7 Å². The Morgan fingerprint density at radius 3 is 2.22 bits per heavy atom. The number of amides is 4. The number of β-amino-alcohol motifs (C(OH)–C–C–N with tert-alkyl or cyclic N) is 1. The van der Waals surface area contributed by atoms with Gasteiger partial charge in [-0.15, -0.1) is 11.3 Å². The molecule has 0 radical (unpaired) electrons.